The molecule has 2 rings (SSSR count). The largest absolute Gasteiger partial charge is 0.314 e. The highest BCUT2D eigenvalue weighted by atomic mass is 35.5. The predicted octanol–water partition coefficient (Wildman–Crippen LogP) is 3.28. The Hall–Kier alpha value is -0.580. The fraction of sp³-hybridized carbons (Fsp3) is 0.600. The van der Waals surface area contributed by atoms with Crippen molar-refractivity contribution in [2.75, 3.05) is 6.54 Å². The Balaban J connectivity index is 2.22. The van der Waals surface area contributed by atoms with Gasteiger partial charge in [0.2, 0.25) is 0 Å². The average Bonchev–Trinajstić information content (AvgIpc) is 2.78. The quantitative estimate of drug-likeness (QED) is 0.907. The number of halogens is 1. The summed E-state index contributed by atoms with van der Waals surface area (Å²) in [4.78, 5) is 0.273. The van der Waals surface area contributed by atoms with Crippen LogP contribution in [0.5, 0.6) is 0 Å². The lowest BCUT2D eigenvalue weighted by atomic mass is 10.1. The van der Waals surface area contributed by atoms with Gasteiger partial charge in [0.25, 0.3) is 0 Å². The van der Waals surface area contributed by atoms with Crippen LogP contribution in [0.15, 0.2) is 29.2 Å². The first kappa shape index (κ1) is 15.8. The van der Waals surface area contributed by atoms with Gasteiger partial charge in [-0.25, -0.2) is 8.42 Å². The van der Waals surface area contributed by atoms with Crippen LogP contribution in [0.1, 0.15) is 33.1 Å². The van der Waals surface area contributed by atoms with Gasteiger partial charge in [-0.15, -0.1) is 0 Å². The van der Waals surface area contributed by atoms with Gasteiger partial charge in [0.15, 0.2) is 9.84 Å². The zero-order chi connectivity index (χ0) is 14.8. The molecule has 3 unspecified atom stereocenters. The van der Waals surface area contributed by atoms with E-state index in [1.165, 1.54) is 0 Å². The van der Waals surface area contributed by atoms with E-state index in [0.717, 1.165) is 19.4 Å². The fourth-order valence-electron chi connectivity index (χ4n) is 3.02. The van der Waals surface area contributed by atoms with Crippen molar-refractivity contribution in [3.05, 3.63) is 29.3 Å². The average molecular weight is 316 g/mol. The minimum absolute atomic E-state index is 0.114. The van der Waals surface area contributed by atoms with Crippen LogP contribution >= 0.6 is 11.6 Å². The summed E-state index contributed by atoms with van der Waals surface area (Å²) in [6, 6.07) is 7.02. The Labute approximate surface area is 126 Å². The Morgan fingerprint density at radius 2 is 2.00 bits per heavy atom. The minimum Gasteiger partial charge on any atom is -0.314 e. The maximum Gasteiger partial charge on any atom is 0.183 e. The van der Waals surface area contributed by atoms with Crippen LogP contribution < -0.4 is 5.32 Å². The minimum atomic E-state index is -3.35. The molecule has 0 heterocycles. The van der Waals surface area contributed by atoms with Crippen LogP contribution in [0.2, 0.25) is 5.02 Å². The van der Waals surface area contributed by atoms with E-state index >= 15 is 0 Å². The first-order valence-corrected chi connectivity index (χ1v) is 9.12. The van der Waals surface area contributed by atoms with Crippen molar-refractivity contribution < 1.29 is 8.42 Å². The first-order valence-electron chi connectivity index (χ1n) is 7.20. The van der Waals surface area contributed by atoms with Crippen LogP contribution in [0, 0.1) is 5.92 Å². The molecule has 1 saturated carbocycles. The molecule has 0 aromatic heterocycles. The molecule has 0 bridgehead atoms. The third-order valence-corrected chi connectivity index (χ3v) is 7.05. The molecule has 1 aromatic rings. The highest BCUT2D eigenvalue weighted by Gasteiger charge is 2.41. The number of sulfone groups is 1. The van der Waals surface area contributed by atoms with E-state index in [9.17, 15) is 8.42 Å². The van der Waals surface area contributed by atoms with Gasteiger partial charge in [0.05, 0.1) is 15.2 Å². The second-order valence-electron chi connectivity index (χ2n) is 5.51. The Morgan fingerprint density at radius 1 is 1.30 bits per heavy atom. The lowest BCUT2D eigenvalue weighted by molar-refractivity contribution is 0.425. The lowest BCUT2D eigenvalue weighted by Gasteiger charge is -2.22. The molecular formula is C15H22ClNO2S. The molecule has 1 aliphatic carbocycles. The first-order chi connectivity index (χ1) is 9.48. The van der Waals surface area contributed by atoms with Gasteiger partial charge in [0.1, 0.15) is 0 Å². The molecule has 3 atom stereocenters. The van der Waals surface area contributed by atoms with Gasteiger partial charge in [-0.1, -0.05) is 37.6 Å². The molecule has 112 valence electrons. The van der Waals surface area contributed by atoms with E-state index in [2.05, 4.69) is 12.2 Å². The molecule has 1 fully saturated rings. The topological polar surface area (TPSA) is 46.2 Å². The summed E-state index contributed by atoms with van der Waals surface area (Å²) in [7, 11) is -3.35. The molecule has 0 saturated heterocycles. The van der Waals surface area contributed by atoms with E-state index in [-0.39, 0.29) is 22.1 Å². The van der Waals surface area contributed by atoms with Crippen LogP contribution in [0.3, 0.4) is 0 Å². The summed E-state index contributed by atoms with van der Waals surface area (Å²) in [6.07, 6.45) is 2.68. The summed E-state index contributed by atoms with van der Waals surface area (Å²) in [5.74, 6) is 0.114. The summed E-state index contributed by atoms with van der Waals surface area (Å²) in [5, 5.41) is 3.44. The number of nitrogens with one attached hydrogen (secondary N) is 1. The number of hydrogen-bond donors (Lipinski definition) is 1. The molecule has 5 heteroatoms. The fourth-order valence-corrected chi connectivity index (χ4v) is 5.62. The molecule has 0 radical (unpaired) electrons. The number of benzene rings is 1. The van der Waals surface area contributed by atoms with Gasteiger partial charge in [-0.05, 0) is 43.9 Å². The number of hydrogen-bond acceptors (Lipinski definition) is 3. The van der Waals surface area contributed by atoms with Gasteiger partial charge in [-0.3, -0.25) is 0 Å². The van der Waals surface area contributed by atoms with Gasteiger partial charge < -0.3 is 5.32 Å². The van der Waals surface area contributed by atoms with Crippen molar-refractivity contribution >= 4 is 21.4 Å². The van der Waals surface area contributed by atoms with Gasteiger partial charge in [0, 0.05) is 6.04 Å². The van der Waals surface area contributed by atoms with E-state index in [1.54, 1.807) is 24.3 Å². The molecular weight excluding hydrogens is 294 g/mol. The van der Waals surface area contributed by atoms with Crippen LogP contribution in [-0.2, 0) is 9.84 Å². The van der Waals surface area contributed by atoms with Crippen molar-refractivity contribution in [3.8, 4) is 0 Å². The highest BCUT2D eigenvalue weighted by Crippen LogP contribution is 2.36. The van der Waals surface area contributed by atoms with E-state index in [4.69, 9.17) is 11.6 Å². The SMILES string of the molecule is CCCNC1CCC(S(=O)(=O)c2ccccc2Cl)C1C. The smallest absolute Gasteiger partial charge is 0.183 e. The maximum absolute atomic E-state index is 12.8. The van der Waals surface area contributed by atoms with Crippen molar-refractivity contribution in [1.29, 1.82) is 0 Å². The van der Waals surface area contributed by atoms with Crippen molar-refractivity contribution in [1.82, 2.24) is 5.32 Å². The molecule has 0 aliphatic heterocycles. The second kappa shape index (κ2) is 6.46. The zero-order valence-corrected chi connectivity index (χ0v) is 13.5. The summed E-state index contributed by atoms with van der Waals surface area (Å²) in [5.41, 5.74) is 0. The Morgan fingerprint density at radius 3 is 2.65 bits per heavy atom. The van der Waals surface area contributed by atoms with E-state index in [1.807, 2.05) is 6.92 Å². The summed E-state index contributed by atoms with van der Waals surface area (Å²) in [6.45, 7) is 5.08. The summed E-state index contributed by atoms with van der Waals surface area (Å²) < 4.78 is 25.5. The lowest BCUT2D eigenvalue weighted by Crippen LogP contribution is -2.36. The molecule has 20 heavy (non-hydrogen) atoms. The normalized spacial score (nSPS) is 26.9. The maximum atomic E-state index is 12.8. The third kappa shape index (κ3) is 3.02. The van der Waals surface area contributed by atoms with Crippen LogP contribution in [0.4, 0.5) is 0 Å². The molecule has 1 aromatic carbocycles. The van der Waals surface area contributed by atoms with Crippen LogP contribution in [0.25, 0.3) is 0 Å². The third-order valence-electron chi connectivity index (χ3n) is 4.18. The molecule has 1 N–H and O–H groups in total. The monoisotopic (exact) mass is 315 g/mol. The Kier molecular flexibility index (Phi) is 5.10. The summed E-state index contributed by atoms with van der Waals surface area (Å²) >= 11 is 6.06. The molecule has 0 spiro atoms. The van der Waals surface area contributed by atoms with Crippen LogP contribution in [-0.4, -0.2) is 26.3 Å². The standard InChI is InChI=1S/C15H22ClNO2S/c1-3-10-17-13-8-9-14(11(13)2)20(18,19)15-7-5-4-6-12(15)16/h4-7,11,13-14,17H,3,8-10H2,1-2H3. The van der Waals surface area contributed by atoms with Crippen molar-refractivity contribution in [2.24, 2.45) is 5.92 Å². The predicted molar refractivity (Wildman–Crippen MR) is 82.9 cm³/mol. The molecule has 1 aliphatic rings. The molecule has 0 amide bonds. The van der Waals surface area contributed by atoms with Crippen molar-refractivity contribution in [3.63, 3.8) is 0 Å². The van der Waals surface area contributed by atoms with Gasteiger partial charge in [-0.2, -0.15) is 0 Å². The molecule has 3 nitrogen and oxygen atoms in total. The zero-order valence-electron chi connectivity index (χ0n) is 12.0. The number of rotatable bonds is 5. The van der Waals surface area contributed by atoms with E-state index in [0.29, 0.717) is 11.4 Å². The van der Waals surface area contributed by atoms with Gasteiger partial charge >= 0.3 is 0 Å². The Bertz CT molecular complexity index is 559. The van der Waals surface area contributed by atoms with E-state index < -0.39 is 9.84 Å². The van der Waals surface area contributed by atoms with Crippen molar-refractivity contribution in [2.45, 2.75) is 49.3 Å². The second-order valence-corrected chi connectivity index (χ2v) is 8.05. The highest BCUT2D eigenvalue weighted by molar-refractivity contribution is 7.92.